The Labute approximate surface area is 104 Å². The number of nitrogens with zero attached hydrogens (tertiary/aromatic N) is 4. The molecule has 1 aliphatic rings. The largest absolute Gasteiger partial charge is 0.378 e. The summed E-state index contributed by atoms with van der Waals surface area (Å²) in [6, 6.07) is 1.88. The Morgan fingerprint density at radius 3 is 2.94 bits per heavy atom. The lowest BCUT2D eigenvalue weighted by Crippen LogP contribution is -2.40. The van der Waals surface area contributed by atoms with Crippen molar-refractivity contribution in [3.05, 3.63) is 29.7 Å². The van der Waals surface area contributed by atoms with Gasteiger partial charge in [0.25, 0.3) is 5.91 Å². The smallest absolute Gasteiger partial charge is 0.257 e. The number of hydrogen-bond acceptors (Lipinski definition) is 4. The van der Waals surface area contributed by atoms with E-state index >= 15 is 0 Å². The maximum atomic E-state index is 12.2. The highest BCUT2D eigenvalue weighted by Gasteiger charge is 2.19. The van der Waals surface area contributed by atoms with E-state index in [1.54, 1.807) is 21.8 Å². The molecule has 3 rings (SSSR count). The van der Waals surface area contributed by atoms with Crippen LogP contribution < -0.4 is 0 Å². The zero-order valence-electron chi connectivity index (χ0n) is 10.2. The van der Waals surface area contributed by atoms with Gasteiger partial charge in [-0.15, -0.1) is 0 Å². The third kappa shape index (κ3) is 1.95. The van der Waals surface area contributed by atoms with E-state index in [9.17, 15) is 4.79 Å². The molecular weight excluding hydrogens is 232 g/mol. The third-order valence-corrected chi connectivity index (χ3v) is 2.98. The van der Waals surface area contributed by atoms with Gasteiger partial charge in [-0.2, -0.15) is 5.10 Å². The standard InChI is InChI=1S/C12H14N4O2/c1-9-6-11-13-7-10(8-16(11)14-9)12(17)15-2-4-18-5-3-15/h6-8H,2-5H2,1H3. The summed E-state index contributed by atoms with van der Waals surface area (Å²) >= 11 is 0. The van der Waals surface area contributed by atoms with E-state index in [4.69, 9.17) is 4.74 Å². The van der Waals surface area contributed by atoms with Gasteiger partial charge in [-0.05, 0) is 6.92 Å². The molecule has 1 saturated heterocycles. The predicted molar refractivity (Wildman–Crippen MR) is 64.4 cm³/mol. The van der Waals surface area contributed by atoms with E-state index in [0.29, 0.717) is 31.9 Å². The van der Waals surface area contributed by atoms with Crippen molar-refractivity contribution in [2.45, 2.75) is 6.92 Å². The van der Waals surface area contributed by atoms with Crippen molar-refractivity contribution >= 4 is 11.6 Å². The molecule has 0 aromatic carbocycles. The number of carbonyl (C=O) groups is 1. The summed E-state index contributed by atoms with van der Waals surface area (Å²) in [5, 5.41) is 4.26. The van der Waals surface area contributed by atoms with Gasteiger partial charge in [0.2, 0.25) is 0 Å². The summed E-state index contributed by atoms with van der Waals surface area (Å²) in [7, 11) is 0. The number of morpholine rings is 1. The van der Waals surface area contributed by atoms with Crippen molar-refractivity contribution in [1.29, 1.82) is 0 Å². The van der Waals surface area contributed by atoms with E-state index in [2.05, 4.69) is 10.1 Å². The van der Waals surface area contributed by atoms with Crippen molar-refractivity contribution in [3.8, 4) is 0 Å². The number of hydrogen-bond donors (Lipinski definition) is 0. The van der Waals surface area contributed by atoms with E-state index in [1.807, 2.05) is 13.0 Å². The molecule has 6 heteroatoms. The Balaban J connectivity index is 1.90. The molecule has 2 aromatic heterocycles. The maximum absolute atomic E-state index is 12.2. The van der Waals surface area contributed by atoms with Crippen LogP contribution in [0.25, 0.3) is 5.65 Å². The van der Waals surface area contributed by atoms with Gasteiger partial charge in [0.05, 0.1) is 24.5 Å². The number of fused-ring (bicyclic) bond motifs is 1. The lowest BCUT2D eigenvalue weighted by molar-refractivity contribution is 0.0302. The molecule has 3 heterocycles. The minimum absolute atomic E-state index is 0.0131. The van der Waals surface area contributed by atoms with Crippen molar-refractivity contribution in [3.63, 3.8) is 0 Å². The fraction of sp³-hybridized carbons (Fsp3) is 0.417. The second kappa shape index (κ2) is 4.38. The Bertz CT molecular complexity index is 587. The fourth-order valence-corrected chi connectivity index (χ4v) is 2.05. The molecule has 1 aliphatic heterocycles. The minimum Gasteiger partial charge on any atom is -0.378 e. The average Bonchev–Trinajstić information content (AvgIpc) is 2.78. The van der Waals surface area contributed by atoms with Gasteiger partial charge in [0.15, 0.2) is 5.65 Å². The lowest BCUT2D eigenvalue weighted by Gasteiger charge is -2.26. The molecule has 0 atom stereocenters. The van der Waals surface area contributed by atoms with E-state index in [-0.39, 0.29) is 5.91 Å². The molecule has 6 nitrogen and oxygen atoms in total. The first-order valence-electron chi connectivity index (χ1n) is 5.93. The number of ether oxygens (including phenoxy) is 1. The fourth-order valence-electron chi connectivity index (χ4n) is 2.05. The molecule has 0 bridgehead atoms. The highest BCUT2D eigenvalue weighted by atomic mass is 16.5. The van der Waals surface area contributed by atoms with Crippen LogP contribution in [0.5, 0.6) is 0 Å². The first-order chi connectivity index (χ1) is 8.74. The summed E-state index contributed by atoms with van der Waals surface area (Å²) in [6.45, 7) is 4.37. The van der Waals surface area contributed by atoms with E-state index in [1.165, 1.54) is 0 Å². The molecule has 1 amide bonds. The topological polar surface area (TPSA) is 59.7 Å². The second-order valence-electron chi connectivity index (χ2n) is 4.34. The Morgan fingerprint density at radius 2 is 2.17 bits per heavy atom. The van der Waals surface area contributed by atoms with Gasteiger partial charge >= 0.3 is 0 Å². The van der Waals surface area contributed by atoms with Gasteiger partial charge in [-0.25, -0.2) is 9.50 Å². The normalized spacial score (nSPS) is 16.2. The van der Waals surface area contributed by atoms with Crippen LogP contribution in [-0.4, -0.2) is 51.7 Å². The van der Waals surface area contributed by atoms with Gasteiger partial charge < -0.3 is 9.64 Å². The molecule has 94 valence electrons. The average molecular weight is 246 g/mol. The molecule has 1 fully saturated rings. The summed E-state index contributed by atoms with van der Waals surface area (Å²) in [5.41, 5.74) is 2.21. The minimum atomic E-state index is -0.0131. The Kier molecular flexibility index (Phi) is 2.71. The zero-order chi connectivity index (χ0) is 12.5. The molecule has 0 unspecified atom stereocenters. The van der Waals surface area contributed by atoms with Crippen LogP contribution in [0.1, 0.15) is 16.1 Å². The summed E-state index contributed by atoms with van der Waals surface area (Å²) < 4.78 is 6.87. The van der Waals surface area contributed by atoms with Crippen LogP contribution in [0.4, 0.5) is 0 Å². The Hall–Kier alpha value is -1.95. The third-order valence-electron chi connectivity index (χ3n) is 2.98. The molecule has 0 N–H and O–H groups in total. The van der Waals surface area contributed by atoms with Gasteiger partial charge in [-0.1, -0.05) is 0 Å². The van der Waals surface area contributed by atoms with Crippen LogP contribution in [-0.2, 0) is 4.74 Å². The van der Waals surface area contributed by atoms with Crippen LogP contribution >= 0.6 is 0 Å². The summed E-state index contributed by atoms with van der Waals surface area (Å²) in [5.74, 6) is -0.0131. The molecule has 0 aliphatic carbocycles. The maximum Gasteiger partial charge on any atom is 0.257 e. The molecule has 0 spiro atoms. The highest BCUT2D eigenvalue weighted by molar-refractivity contribution is 5.93. The van der Waals surface area contributed by atoms with Crippen molar-refractivity contribution in [1.82, 2.24) is 19.5 Å². The molecule has 2 aromatic rings. The second-order valence-corrected chi connectivity index (χ2v) is 4.34. The zero-order valence-corrected chi connectivity index (χ0v) is 10.2. The van der Waals surface area contributed by atoms with Crippen LogP contribution in [0.3, 0.4) is 0 Å². The molecule has 0 saturated carbocycles. The number of rotatable bonds is 1. The SMILES string of the molecule is Cc1cc2ncc(C(=O)N3CCOCC3)cn2n1. The van der Waals surface area contributed by atoms with Crippen molar-refractivity contribution < 1.29 is 9.53 Å². The predicted octanol–water partition coefficient (Wildman–Crippen LogP) is 0.510. The van der Waals surface area contributed by atoms with Crippen LogP contribution in [0.15, 0.2) is 18.5 Å². The number of aromatic nitrogens is 3. The molecular formula is C12H14N4O2. The van der Waals surface area contributed by atoms with E-state index < -0.39 is 0 Å². The van der Waals surface area contributed by atoms with Gasteiger partial charge in [0, 0.05) is 31.5 Å². The van der Waals surface area contributed by atoms with Crippen molar-refractivity contribution in [2.75, 3.05) is 26.3 Å². The Morgan fingerprint density at radius 1 is 1.39 bits per heavy atom. The van der Waals surface area contributed by atoms with Gasteiger partial charge in [-0.3, -0.25) is 4.79 Å². The first-order valence-corrected chi connectivity index (χ1v) is 5.93. The quantitative estimate of drug-likeness (QED) is 0.735. The van der Waals surface area contributed by atoms with Crippen LogP contribution in [0, 0.1) is 6.92 Å². The lowest BCUT2D eigenvalue weighted by atomic mass is 10.3. The van der Waals surface area contributed by atoms with Crippen LogP contribution in [0.2, 0.25) is 0 Å². The summed E-state index contributed by atoms with van der Waals surface area (Å²) in [4.78, 5) is 18.3. The number of aryl methyl sites for hydroxylation is 1. The van der Waals surface area contributed by atoms with Crippen molar-refractivity contribution in [2.24, 2.45) is 0 Å². The monoisotopic (exact) mass is 246 g/mol. The van der Waals surface area contributed by atoms with E-state index in [0.717, 1.165) is 11.3 Å². The first kappa shape index (κ1) is 11.2. The van der Waals surface area contributed by atoms with Gasteiger partial charge in [0.1, 0.15) is 0 Å². The number of amides is 1. The highest BCUT2D eigenvalue weighted by Crippen LogP contribution is 2.09. The molecule has 0 radical (unpaired) electrons. The summed E-state index contributed by atoms with van der Waals surface area (Å²) in [6.07, 6.45) is 3.33. The number of carbonyl (C=O) groups excluding carboxylic acids is 1. The molecule has 18 heavy (non-hydrogen) atoms.